The van der Waals surface area contributed by atoms with Crippen LogP contribution in [0.5, 0.6) is 0 Å². The summed E-state index contributed by atoms with van der Waals surface area (Å²) in [7, 11) is 0. The molecule has 1 aromatic carbocycles. The molecule has 0 radical (unpaired) electrons. The van der Waals surface area contributed by atoms with E-state index in [0.29, 0.717) is 32.7 Å². The van der Waals surface area contributed by atoms with Crippen LogP contribution in [0.3, 0.4) is 0 Å². The van der Waals surface area contributed by atoms with Gasteiger partial charge in [0.25, 0.3) is 0 Å². The molecule has 1 fully saturated rings. The molecule has 1 aliphatic carbocycles. The number of ether oxygens (including phenoxy) is 1. The molecule has 1 aromatic rings. The van der Waals surface area contributed by atoms with Gasteiger partial charge >= 0.3 is 0 Å². The lowest BCUT2D eigenvalue weighted by atomic mass is 9.66. The first-order chi connectivity index (χ1) is 10.2. The maximum atomic E-state index is 12.1. The van der Waals surface area contributed by atoms with Crippen LogP contribution in [0, 0.1) is 5.41 Å². The minimum Gasteiger partial charge on any atom is -0.377 e. The Morgan fingerprint density at radius 2 is 2.05 bits per heavy atom. The van der Waals surface area contributed by atoms with Gasteiger partial charge in [-0.25, -0.2) is 0 Å². The number of benzene rings is 1. The van der Waals surface area contributed by atoms with E-state index in [1.54, 1.807) is 0 Å². The molecule has 0 aliphatic heterocycles. The summed E-state index contributed by atoms with van der Waals surface area (Å²) in [6.07, 6.45) is 3.91. The highest BCUT2D eigenvalue weighted by molar-refractivity contribution is 5.76. The quantitative estimate of drug-likeness (QED) is 0.772. The molecule has 0 spiro atoms. The molecule has 0 saturated heterocycles. The van der Waals surface area contributed by atoms with Crippen LogP contribution in [0.4, 0.5) is 0 Å². The summed E-state index contributed by atoms with van der Waals surface area (Å²) in [6, 6.07) is 8.07. The molecule has 116 valence electrons. The van der Waals surface area contributed by atoms with Crippen molar-refractivity contribution >= 4 is 5.91 Å². The number of carbonyl (C=O) groups excluding carboxylic acids is 1. The summed E-state index contributed by atoms with van der Waals surface area (Å²) in [5.74, 6) is 0.103. The summed E-state index contributed by atoms with van der Waals surface area (Å²) in [5, 5.41) is 3.02. The van der Waals surface area contributed by atoms with Gasteiger partial charge in [0.2, 0.25) is 5.91 Å². The van der Waals surface area contributed by atoms with E-state index in [1.807, 2.05) is 31.2 Å². The monoisotopic (exact) mass is 290 g/mol. The summed E-state index contributed by atoms with van der Waals surface area (Å²) >= 11 is 0. The largest absolute Gasteiger partial charge is 0.377 e. The third-order valence-electron chi connectivity index (χ3n) is 4.44. The minimum atomic E-state index is 0.0644. The Hall–Kier alpha value is -1.39. The van der Waals surface area contributed by atoms with E-state index in [1.165, 1.54) is 6.42 Å². The summed E-state index contributed by atoms with van der Waals surface area (Å²) in [6.45, 7) is 4.44. The van der Waals surface area contributed by atoms with Crippen molar-refractivity contribution in [1.82, 2.24) is 5.32 Å². The average molecular weight is 290 g/mol. The fourth-order valence-corrected chi connectivity index (χ4v) is 2.81. The van der Waals surface area contributed by atoms with Gasteiger partial charge in [-0.15, -0.1) is 0 Å². The minimum absolute atomic E-state index is 0.0644. The van der Waals surface area contributed by atoms with Crippen LogP contribution in [0.25, 0.3) is 0 Å². The Morgan fingerprint density at radius 3 is 2.62 bits per heavy atom. The molecule has 4 heteroatoms. The van der Waals surface area contributed by atoms with E-state index >= 15 is 0 Å². The van der Waals surface area contributed by atoms with Crippen molar-refractivity contribution in [2.45, 2.75) is 45.8 Å². The van der Waals surface area contributed by atoms with Crippen LogP contribution in [-0.4, -0.2) is 19.1 Å². The number of rotatable bonds is 8. The molecule has 0 aromatic heterocycles. The van der Waals surface area contributed by atoms with E-state index in [2.05, 4.69) is 5.32 Å². The van der Waals surface area contributed by atoms with Crippen LogP contribution < -0.4 is 11.1 Å². The Morgan fingerprint density at radius 1 is 1.33 bits per heavy atom. The van der Waals surface area contributed by atoms with Crippen LogP contribution in [0.15, 0.2) is 24.3 Å². The van der Waals surface area contributed by atoms with Gasteiger partial charge in [-0.05, 0) is 42.9 Å². The van der Waals surface area contributed by atoms with Crippen molar-refractivity contribution in [1.29, 1.82) is 0 Å². The fourth-order valence-electron chi connectivity index (χ4n) is 2.81. The van der Waals surface area contributed by atoms with Crippen LogP contribution in [0.2, 0.25) is 0 Å². The topological polar surface area (TPSA) is 64.3 Å². The summed E-state index contributed by atoms with van der Waals surface area (Å²) in [4.78, 5) is 12.1. The highest BCUT2D eigenvalue weighted by Crippen LogP contribution is 2.42. The first-order valence-corrected chi connectivity index (χ1v) is 7.80. The van der Waals surface area contributed by atoms with E-state index in [0.717, 1.165) is 24.0 Å². The molecule has 1 amide bonds. The van der Waals surface area contributed by atoms with Crippen molar-refractivity contribution in [2.24, 2.45) is 11.1 Å². The SMILES string of the molecule is CCOCc1ccccc1CNC(=O)CC1(CN)CCC1. The van der Waals surface area contributed by atoms with Gasteiger partial charge in [-0.1, -0.05) is 30.7 Å². The molecule has 2 rings (SSSR count). The molecule has 4 nitrogen and oxygen atoms in total. The van der Waals surface area contributed by atoms with Crippen molar-refractivity contribution in [3.8, 4) is 0 Å². The summed E-state index contributed by atoms with van der Waals surface area (Å²) in [5.41, 5.74) is 8.13. The first-order valence-electron chi connectivity index (χ1n) is 7.80. The lowest BCUT2D eigenvalue weighted by Gasteiger charge is -2.40. The molecule has 21 heavy (non-hydrogen) atoms. The number of amides is 1. The highest BCUT2D eigenvalue weighted by Gasteiger charge is 2.37. The first kappa shape index (κ1) is 16.0. The van der Waals surface area contributed by atoms with Crippen LogP contribution in [0.1, 0.15) is 43.7 Å². The number of nitrogens with one attached hydrogen (secondary N) is 1. The number of carbonyl (C=O) groups is 1. The zero-order valence-electron chi connectivity index (χ0n) is 12.9. The second kappa shape index (κ2) is 7.57. The molecular weight excluding hydrogens is 264 g/mol. The van der Waals surface area contributed by atoms with Gasteiger partial charge in [-0.2, -0.15) is 0 Å². The van der Waals surface area contributed by atoms with E-state index in [9.17, 15) is 4.79 Å². The van der Waals surface area contributed by atoms with Crippen molar-refractivity contribution in [3.05, 3.63) is 35.4 Å². The standard InChI is InChI=1S/C17H26N2O2/c1-2-21-12-15-7-4-3-6-14(15)11-19-16(20)10-17(13-18)8-5-9-17/h3-4,6-7H,2,5,8-13,18H2,1H3,(H,19,20). The number of nitrogens with two attached hydrogens (primary N) is 1. The number of hydrogen-bond acceptors (Lipinski definition) is 3. The van der Waals surface area contributed by atoms with Gasteiger partial charge < -0.3 is 15.8 Å². The zero-order valence-corrected chi connectivity index (χ0v) is 12.9. The van der Waals surface area contributed by atoms with Crippen molar-refractivity contribution < 1.29 is 9.53 Å². The zero-order chi connectivity index (χ0) is 15.1. The molecule has 1 aliphatic rings. The Bertz CT molecular complexity index is 464. The van der Waals surface area contributed by atoms with Gasteiger partial charge in [0.05, 0.1) is 6.61 Å². The highest BCUT2D eigenvalue weighted by atomic mass is 16.5. The molecule has 0 unspecified atom stereocenters. The normalized spacial score (nSPS) is 16.3. The van der Waals surface area contributed by atoms with Gasteiger partial charge in [0, 0.05) is 19.6 Å². The second-order valence-corrected chi connectivity index (χ2v) is 5.92. The maximum absolute atomic E-state index is 12.1. The van der Waals surface area contributed by atoms with Gasteiger partial charge in [0.1, 0.15) is 0 Å². The third kappa shape index (κ3) is 4.29. The smallest absolute Gasteiger partial charge is 0.220 e. The summed E-state index contributed by atoms with van der Waals surface area (Å²) < 4.78 is 5.46. The maximum Gasteiger partial charge on any atom is 0.220 e. The third-order valence-corrected chi connectivity index (χ3v) is 4.44. The lowest BCUT2D eigenvalue weighted by Crippen LogP contribution is -2.41. The van der Waals surface area contributed by atoms with Gasteiger partial charge in [-0.3, -0.25) is 4.79 Å². The molecule has 0 atom stereocenters. The predicted octanol–water partition coefficient (Wildman–Crippen LogP) is 2.36. The van der Waals surface area contributed by atoms with Crippen LogP contribution >= 0.6 is 0 Å². The lowest BCUT2D eigenvalue weighted by molar-refractivity contribution is -0.124. The van der Waals surface area contributed by atoms with Gasteiger partial charge in [0.15, 0.2) is 0 Å². The number of hydrogen-bond donors (Lipinski definition) is 2. The van der Waals surface area contributed by atoms with E-state index < -0.39 is 0 Å². The Balaban J connectivity index is 1.86. The van der Waals surface area contributed by atoms with Crippen molar-refractivity contribution in [2.75, 3.05) is 13.2 Å². The molecule has 0 bridgehead atoms. The van der Waals surface area contributed by atoms with E-state index in [4.69, 9.17) is 10.5 Å². The molecule has 1 saturated carbocycles. The van der Waals surface area contributed by atoms with Crippen LogP contribution in [-0.2, 0) is 22.7 Å². The molecule has 3 N–H and O–H groups in total. The second-order valence-electron chi connectivity index (χ2n) is 5.92. The molecule has 0 heterocycles. The Labute approximate surface area is 127 Å². The predicted molar refractivity (Wildman–Crippen MR) is 83.6 cm³/mol. The average Bonchev–Trinajstić information content (AvgIpc) is 2.47. The van der Waals surface area contributed by atoms with Crippen molar-refractivity contribution in [3.63, 3.8) is 0 Å². The fraction of sp³-hybridized carbons (Fsp3) is 0.588. The molecular formula is C17H26N2O2. The van der Waals surface area contributed by atoms with E-state index in [-0.39, 0.29) is 11.3 Å². The Kier molecular flexibility index (Phi) is 5.76.